The van der Waals surface area contributed by atoms with Crippen molar-refractivity contribution in [1.82, 2.24) is 5.32 Å². The SMILES string of the molecule is CC(C)C1(Cc2sccc2Br)CNC1. The summed E-state index contributed by atoms with van der Waals surface area (Å²) in [7, 11) is 0. The van der Waals surface area contributed by atoms with E-state index in [-0.39, 0.29) is 0 Å². The Bertz CT molecular complexity index is 315. The lowest BCUT2D eigenvalue weighted by atomic mass is 9.69. The van der Waals surface area contributed by atoms with Crippen molar-refractivity contribution in [3.63, 3.8) is 0 Å². The topological polar surface area (TPSA) is 12.0 Å². The molecule has 0 radical (unpaired) electrons. The van der Waals surface area contributed by atoms with Crippen LogP contribution in [0.1, 0.15) is 18.7 Å². The fourth-order valence-corrected chi connectivity index (χ4v) is 3.60. The van der Waals surface area contributed by atoms with E-state index in [4.69, 9.17) is 0 Å². The van der Waals surface area contributed by atoms with Crippen molar-refractivity contribution in [2.75, 3.05) is 13.1 Å². The van der Waals surface area contributed by atoms with Crippen LogP contribution in [-0.4, -0.2) is 13.1 Å². The van der Waals surface area contributed by atoms with Gasteiger partial charge >= 0.3 is 0 Å². The monoisotopic (exact) mass is 273 g/mol. The molecular weight excluding hydrogens is 258 g/mol. The van der Waals surface area contributed by atoms with E-state index in [0.717, 1.165) is 5.92 Å². The van der Waals surface area contributed by atoms with Crippen LogP contribution >= 0.6 is 27.3 Å². The van der Waals surface area contributed by atoms with E-state index >= 15 is 0 Å². The van der Waals surface area contributed by atoms with Crippen LogP contribution in [0.15, 0.2) is 15.9 Å². The summed E-state index contributed by atoms with van der Waals surface area (Å²) < 4.78 is 1.29. The maximum Gasteiger partial charge on any atom is 0.0314 e. The van der Waals surface area contributed by atoms with Gasteiger partial charge < -0.3 is 5.32 Å². The molecule has 0 spiro atoms. The third-order valence-corrected chi connectivity index (χ3v) is 5.31. The first kappa shape index (κ1) is 10.7. The van der Waals surface area contributed by atoms with Gasteiger partial charge in [-0.2, -0.15) is 0 Å². The Balaban J connectivity index is 2.13. The van der Waals surface area contributed by atoms with Crippen molar-refractivity contribution in [1.29, 1.82) is 0 Å². The molecule has 78 valence electrons. The highest BCUT2D eigenvalue weighted by Crippen LogP contribution is 2.38. The standard InChI is InChI=1S/C11H16BrNS/c1-8(2)11(6-13-7-11)5-10-9(12)3-4-14-10/h3-4,8,13H,5-7H2,1-2H3. The minimum Gasteiger partial charge on any atom is -0.315 e. The Morgan fingerprint density at radius 3 is 2.64 bits per heavy atom. The van der Waals surface area contributed by atoms with E-state index in [9.17, 15) is 0 Å². The van der Waals surface area contributed by atoms with E-state index in [1.165, 1.54) is 28.9 Å². The van der Waals surface area contributed by atoms with Crippen molar-refractivity contribution in [2.45, 2.75) is 20.3 Å². The molecule has 1 aliphatic heterocycles. The molecule has 2 heterocycles. The van der Waals surface area contributed by atoms with Gasteiger partial charge in [-0.15, -0.1) is 11.3 Å². The van der Waals surface area contributed by atoms with Gasteiger partial charge in [-0.3, -0.25) is 0 Å². The van der Waals surface area contributed by atoms with Crippen molar-refractivity contribution >= 4 is 27.3 Å². The number of rotatable bonds is 3. The first-order valence-corrected chi connectivity index (χ1v) is 6.74. The zero-order valence-electron chi connectivity index (χ0n) is 8.64. The van der Waals surface area contributed by atoms with Crippen LogP contribution < -0.4 is 5.32 Å². The Hall–Kier alpha value is 0.140. The summed E-state index contributed by atoms with van der Waals surface area (Å²) in [5.41, 5.74) is 0.507. The number of hydrogen-bond donors (Lipinski definition) is 1. The van der Waals surface area contributed by atoms with Crippen LogP contribution in [-0.2, 0) is 6.42 Å². The van der Waals surface area contributed by atoms with Crippen molar-refractivity contribution < 1.29 is 0 Å². The maximum atomic E-state index is 3.61. The molecule has 1 nitrogen and oxygen atoms in total. The second kappa shape index (κ2) is 3.95. The zero-order valence-corrected chi connectivity index (χ0v) is 11.0. The summed E-state index contributed by atoms with van der Waals surface area (Å²) in [5.74, 6) is 0.762. The molecule has 3 heteroatoms. The first-order chi connectivity index (χ1) is 6.64. The van der Waals surface area contributed by atoms with Crippen molar-refractivity contribution in [3.05, 3.63) is 20.8 Å². The van der Waals surface area contributed by atoms with E-state index < -0.39 is 0 Å². The van der Waals surface area contributed by atoms with Crippen LogP contribution in [0.4, 0.5) is 0 Å². The van der Waals surface area contributed by atoms with Crippen molar-refractivity contribution in [2.24, 2.45) is 11.3 Å². The molecule has 14 heavy (non-hydrogen) atoms. The molecule has 0 atom stereocenters. The molecule has 0 aliphatic carbocycles. The number of nitrogens with one attached hydrogen (secondary N) is 1. The Morgan fingerprint density at radius 1 is 1.57 bits per heavy atom. The lowest BCUT2D eigenvalue weighted by Gasteiger charge is -2.46. The van der Waals surface area contributed by atoms with Gasteiger partial charge in [-0.25, -0.2) is 0 Å². The first-order valence-electron chi connectivity index (χ1n) is 5.07. The number of thiophene rings is 1. The third-order valence-electron chi connectivity index (χ3n) is 3.38. The van der Waals surface area contributed by atoms with E-state index in [1.54, 1.807) is 0 Å². The summed E-state index contributed by atoms with van der Waals surface area (Å²) in [4.78, 5) is 1.50. The number of halogens is 1. The molecule has 0 aromatic carbocycles. The summed E-state index contributed by atoms with van der Waals surface area (Å²) in [6.45, 7) is 7.02. The minimum atomic E-state index is 0.507. The molecule has 0 bridgehead atoms. The average Bonchev–Trinajstić information content (AvgIpc) is 2.43. The summed E-state index contributed by atoms with van der Waals surface area (Å²) in [6.07, 6.45) is 1.22. The van der Waals surface area contributed by atoms with E-state index in [1.807, 2.05) is 11.3 Å². The quantitative estimate of drug-likeness (QED) is 0.891. The van der Waals surface area contributed by atoms with Crippen LogP contribution in [0.2, 0.25) is 0 Å². The second-order valence-corrected chi connectivity index (χ2v) is 6.34. The molecule has 2 rings (SSSR count). The van der Waals surface area contributed by atoms with Gasteiger partial charge in [0.2, 0.25) is 0 Å². The normalized spacial score (nSPS) is 19.7. The summed E-state index contributed by atoms with van der Waals surface area (Å²) in [6, 6.07) is 2.15. The highest BCUT2D eigenvalue weighted by atomic mass is 79.9. The largest absolute Gasteiger partial charge is 0.315 e. The summed E-state index contributed by atoms with van der Waals surface area (Å²) in [5, 5.41) is 5.57. The van der Waals surface area contributed by atoms with Gasteiger partial charge in [-0.05, 0) is 39.7 Å². The molecule has 0 saturated carbocycles. The van der Waals surface area contributed by atoms with Crippen LogP contribution in [0.25, 0.3) is 0 Å². The molecule has 1 aromatic heterocycles. The maximum absolute atomic E-state index is 3.61. The predicted octanol–water partition coefficient (Wildman–Crippen LogP) is 3.30. The van der Waals surface area contributed by atoms with E-state index in [2.05, 4.69) is 46.5 Å². The fraction of sp³-hybridized carbons (Fsp3) is 0.636. The minimum absolute atomic E-state index is 0.507. The van der Waals surface area contributed by atoms with Crippen molar-refractivity contribution in [3.8, 4) is 0 Å². The molecule has 1 saturated heterocycles. The molecule has 0 unspecified atom stereocenters. The second-order valence-electron chi connectivity index (χ2n) is 4.49. The molecular formula is C11H16BrNS. The van der Waals surface area contributed by atoms with E-state index in [0.29, 0.717) is 5.41 Å². The molecule has 1 N–H and O–H groups in total. The average molecular weight is 274 g/mol. The van der Waals surface area contributed by atoms with Gasteiger partial charge in [0.05, 0.1) is 0 Å². The Morgan fingerprint density at radius 2 is 2.29 bits per heavy atom. The fourth-order valence-electron chi connectivity index (χ4n) is 1.95. The number of hydrogen-bond acceptors (Lipinski definition) is 2. The molecule has 1 aliphatic rings. The van der Waals surface area contributed by atoms with Gasteiger partial charge in [0.15, 0.2) is 0 Å². The smallest absolute Gasteiger partial charge is 0.0314 e. The third kappa shape index (κ3) is 1.77. The Kier molecular flexibility index (Phi) is 3.01. The van der Waals surface area contributed by atoms with Gasteiger partial charge in [0.25, 0.3) is 0 Å². The van der Waals surface area contributed by atoms with Crippen LogP contribution in [0.3, 0.4) is 0 Å². The predicted molar refractivity (Wildman–Crippen MR) is 65.9 cm³/mol. The van der Waals surface area contributed by atoms with Crippen LogP contribution in [0, 0.1) is 11.3 Å². The van der Waals surface area contributed by atoms with Gasteiger partial charge in [-0.1, -0.05) is 13.8 Å². The molecule has 1 fully saturated rings. The summed E-state index contributed by atoms with van der Waals surface area (Å²) >= 11 is 5.48. The van der Waals surface area contributed by atoms with Gasteiger partial charge in [0.1, 0.15) is 0 Å². The Labute approximate surface area is 98.0 Å². The zero-order chi connectivity index (χ0) is 10.2. The van der Waals surface area contributed by atoms with Crippen LogP contribution in [0.5, 0.6) is 0 Å². The molecule has 0 amide bonds. The lowest BCUT2D eigenvalue weighted by molar-refractivity contribution is 0.100. The highest BCUT2D eigenvalue weighted by Gasteiger charge is 2.40. The van der Waals surface area contributed by atoms with Gasteiger partial charge in [0, 0.05) is 27.9 Å². The highest BCUT2D eigenvalue weighted by molar-refractivity contribution is 9.10. The lowest BCUT2D eigenvalue weighted by Crippen LogP contribution is -2.57. The molecule has 1 aromatic rings.